The Morgan fingerprint density at radius 3 is 2.88 bits per heavy atom. The molecule has 2 unspecified atom stereocenters. The molecule has 3 nitrogen and oxygen atoms in total. The van der Waals surface area contributed by atoms with Gasteiger partial charge in [-0.25, -0.2) is 0 Å². The molecule has 1 fully saturated rings. The predicted molar refractivity (Wildman–Crippen MR) is 73.9 cm³/mol. The van der Waals surface area contributed by atoms with Crippen molar-refractivity contribution in [2.45, 2.75) is 31.3 Å². The summed E-state index contributed by atoms with van der Waals surface area (Å²) in [6.45, 7) is 2.22. The normalized spacial score (nSPS) is 29.7. The highest BCUT2D eigenvalue weighted by Crippen LogP contribution is 2.41. The molecule has 0 aromatic carbocycles. The van der Waals surface area contributed by atoms with Gasteiger partial charge in [-0.15, -0.1) is 11.3 Å². The number of fused-ring (bicyclic) bond motifs is 1. The van der Waals surface area contributed by atoms with Crippen molar-refractivity contribution in [3.05, 3.63) is 16.5 Å². The Morgan fingerprint density at radius 1 is 1.35 bits per heavy atom. The first kappa shape index (κ1) is 11.5. The number of likely N-dealkylation sites (N-methyl/N-ethyl adjacent to an activating group) is 2. The van der Waals surface area contributed by atoms with E-state index in [2.05, 4.69) is 30.0 Å². The number of rotatable bonds is 1. The molecule has 0 spiro atoms. The van der Waals surface area contributed by atoms with Crippen LogP contribution in [-0.4, -0.2) is 38.1 Å². The van der Waals surface area contributed by atoms with Gasteiger partial charge in [-0.05, 0) is 37.9 Å². The molecule has 2 atom stereocenters. The highest BCUT2D eigenvalue weighted by molar-refractivity contribution is 7.16. The van der Waals surface area contributed by atoms with Crippen LogP contribution < -0.4 is 10.6 Å². The molecule has 0 amide bonds. The lowest BCUT2D eigenvalue weighted by molar-refractivity contribution is 0.172. The van der Waals surface area contributed by atoms with E-state index in [-0.39, 0.29) is 0 Å². The molecule has 1 aromatic heterocycles. The molecule has 4 heteroatoms. The predicted octanol–water partition coefficient (Wildman–Crippen LogP) is 1.83. The fraction of sp³-hybridized carbons (Fsp3) is 0.692. The van der Waals surface area contributed by atoms with E-state index >= 15 is 0 Å². The van der Waals surface area contributed by atoms with Crippen molar-refractivity contribution in [2.24, 2.45) is 5.73 Å². The van der Waals surface area contributed by atoms with E-state index in [0.29, 0.717) is 12.1 Å². The molecule has 1 aromatic rings. The average molecular weight is 251 g/mol. The van der Waals surface area contributed by atoms with Crippen molar-refractivity contribution in [3.8, 4) is 0 Å². The van der Waals surface area contributed by atoms with Gasteiger partial charge < -0.3 is 10.6 Å². The quantitative estimate of drug-likeness (QED) is 0.826. The van der Waals surface area contributed by atoms with Crippen LogP contribution in [0, 0.1) is 0 Å². The van der Waals surface area contributed by atoms with Gasteiger partial charge >= 0.3 is 0 Å². The zero-order valence-corrected chi connectivity index (χ0v) is 11.5. The smallest absolute Gasteiger partial charge is 0.0942 e. The maximum Gasteiger partial charge on any atom is 0.0942 e. The molecule has 0 radical (unpaired) electrons. The lowest BCUT2D eigenvalue weighted by atomic mass is 9.98. The highest BCUT2D eigenvalue weighted by Gasteiger charge is 2.28. The first-order valence-corrected chi connectivity index (χ1v) is 7.26. The van der Waals surface area contributed by atoms with E-state index in [1.165, 1.54) is 29.3 Å². The van der Waals surface area contributed by atoms with E-state index in [9.17, 15) is 0 Å². The minimum atomic E-state index is 0.366. The molecular formula is C13H21N3S. The number of nitrogens with two attached hydrogens (primary N) is 1. The third-order valence-electron chi connectivity index (χ3n) is 4.06. The molecule has 1 saturated heterocycles. The second-order valence-corrected chi connectivity index (χ2v) is 6.51. The van der Waals surface area contributed by atoms with E-state index in [1.807, 2.05) is 11.3 Å². The summed E-state index contributed by atoms with van der Waals surface area (Å²) in [7, 11) is 4.41. The van der Waals surface area contributed by atoms with Crippen molar-refractivity contribution < 1.29 is 0 Å². The van der Waals surface area contributed by atoms with Crippen LogP contribution in [0.15, 0.2) is 6.07 Å². The molecular weight excluding hydrogens is 230 g/mol. The van der Waals surface area contributed by atoms with Crippen LogP contribution in [0.2, 0.25) is 0 Å². The zero-order valence-electron chi connectivity index (χ0n) is 10.6. The van der Waals surface area contributed by atoms with Gasteiger partial charge in [0, 0.05) is 37.1 Å². The van der Waals surface area contributed by atoms with Gasteiger partial charge in [-0.3, -0.25) is 4.90 Å². The van der Waals surface area contributed by atoms with Crippen LogP contribution in [0.5, 0.6) is 0 Å². The largest absolute Gasteiger partial charge is 0.366 e. The number of piperidine rings is 1. The van der Waals surface area contributed by atoms with Gasteiger partial charge in [0.05, 0.1) is 5.00 Å². The van der Waals surface area contributed by atoms with E-state index in [4.69, 9.17) is 5.73 Å². The summed E-state index contributed by atoms with van der Waals surface area (Å²) in [6, 6.07) is 3.39. The number of anilines is 1. The lowest BCUT2D eigenvalue weighted by Gasteiger charge is -2.35. The van der Waals surface area contributed by atoms with E-state index in [1.54, 1.807) is 5.56 Å². The summed E-state index contributed by atoms with van der Waals surface area (Å²) < 4.78 is 0. The molecule has 0 aliphatic carbocycles. The van der Waals surface area contributed by atoms with Gasteiger partial charge in [-0.1, -0.05) is 0 Å². The summed E-state index contributed by atoms with van der Waals surface area (Å²) >= 11 is 1.99. The van der Waals surface area contributed by atoms with E-state index in [0.717, 1.165) is 13.0 Å². The Bertz CT molecular complexity index is 415. The number of thiophene rings is 1. The second-order valence-electron chi connectivity index (χ2n) is 5.44. The summed E-state index contributed by atoms with van der Waals surface area (Å²) in [5.41, 5.74) is 7.57. The monoisotopic (exact) mass is 251 g/mol. The molecule has 2 aliphatic heterocycles. The number of hydrogen-bond acceptors (Lipinski definition) is 4. The Kier molecular flexibility index (Phi) is 2.89. The first-order valence-electron chi connectivity index (χ1n) is 6.44. The topological polar surface area (TPSA) is 32.5 Å². The highest BCUT2D eigenvalue weighted by atomic mass is 32.1. The average Bonchev–Trinajstić information content (AvgIpc) is 2.81. The van der Waals surface area contributed by atoms with Gasteiger partial charge in [0.2, 0.25) is 0 Å². The van der Waals surface area contributed by atoms with Crippen molar-refractivity contribution >= 4 is 16.3 Å². The van der Waals surface area contributed by atoms with Crippen molar-refractivity contribution in [1.29, 1.82) is 0 Å². The number of hydrogen-bond donors (Lipinski definition) is 1. The molecule has 0 saturated carbocycles. The summed E-state index contributed by atoms with van der Waals surface area (Å²) in [5.74, 6) is 0. The Hall–Kier alpha value is -0.580. The van der Waals surface area contributed by atoms with Gasteiger partial charge in [-0.2, -0.15) is 0 Å². The molecule has 17 heavy (non-hydrogen) atoms. The van der Waals surface area contributed by atoms with Crippen LogP contribution in [0.25, 0.3) is 0 Å². The summed E-state index contributed by atoms with van der Waals surface area (Å²) in [4.78, 5) is 6.35. The summed E-state index contributed by atoms with van der Waals surface area (Å²) in [6.07, 6.45) is 3.59. The third-order valence-corrected chi connectivity index (χ3v) is 5.46. The van der Waals surface area contributed by atoms with Crippen LogP contribution >= 0.6 is 11.3 Å². The fourth-order valence-electron chi connectivity index (χ4n) is 3.04. The number of nitrogens with zero attached hydrogens (tertiary/aromatic N) is 2. The van der Waals surface area contributed by atoms with Gasteiger partial charge in [0.1, 0.15) is 0 Å². The van der Waals surface area contributed by atoms with Crippen molar-refractivity contribution in [1.82, 2.24) is 4.90 Å². The lowest BCUT2D eigenvalue weighted by Crippen LogP contribution is -2.42. The minimum Gasteiger partial charge on any atom is -0.366 e. The molecule has 2 aliphatic rings. The third kappa shape index (κ3) is 1.98. The second kappa shape index (κ2) is 4.26. The SMILES string of the molecule is CN1CCc2cc(C3CCC(N)CN3C)sc21. The fourth-order valence-corrected chi connectivity index (χ4v) is 4.43. The van der Waals surface area contributed by atoms with Crippen LogP contribution in [0.1, 0.15) is 29.3 Å². The molecule has 0 bridgehead atoms. The van der Waals surface area contributed by atoms with Crippen LogP contribution in [0.3, 0.4) is 0 Å². The zero-order chi connectivity index (χ0) is 12.0. The first-order chi connectivity index (χ1) is 8.15. The molecule has 2 N–H and O–H groups in total. The molecule has 94 valence electrons. The van der Waals surface area contributed by atoms with Crippen molar-refractivity contribution in [3.63, 3.8) is 0 Å². The Labute approximate surface area is 107 Å². The molecule has 3 rings (SSSR count). The molecule has 3 heterocycles. The van der Waals surface area contributed by atoms with E-state index < -0.39 is 0 Å². The minimum absolute atomic E-state index is 0.366. The summed E-state index contributed by atoms with van der Waals surface area (Å²) in [5, 5.41) is 1.49. The number of likely N-dealkylation sites (tertiary alicyclic amines) is 1. The maximum atomic E-state index is 6.01. The van der Waals surface area contributed by atoms with Gasteiger partial charge in [0.15, 0.2) is 0 Å². The Morgan fingerprint density at radius 2 is 2.18 bits per heavy atom. The van der Waals surface area contributed by atoms with Gasteiger partial charge in [0.25, 0.3) is 0 Å². The Balaban J connectivity index is 1.83. The standard InChI is InChI=1S/C13H21N3S/c1-15-6-5-9-7-12(17-13(9)15)11-4-3-10(14)8-16(11)2/h7,10-11H,3-6,8,14H2,1-2H3. The van der Waals surface area contributed by atoms with Crippen LogP contribution in [-0.2, 0) is 6.42 Å². The maximum absolute atomic E-state index is 6.01. The van der Waals surface area contributed by atoms with Crippen molar-refractivity contribution in [2.75, 3.05) is 32.1 Å². The van der Waals surface area contributed by atoms with Crippen LogP contribution in [0.4, 0.5) is 5.00 Å².